The maximum absolute atomic E-state index is 15.0. The number of carbonyl (C=O) groups excluding carboxylic acids is 3. The summed E-state index contributed by atoms with van der Waals surface area (Å²) in [4.78, 5) is 44.3. The van der Waals surface area contributed by atoms with Crippen LogP contribution in [0.15, 0.2) is 48.5 Å². The van der Waals surface area contributed by atoms with Crippen LogP contribution in [-0.4, -0.2) is 74.8 Å². The molecule has 2 aromatic rings. The highest BCUT2D eigenvalue weighted by Gasteiger charge is 2.33. The molecule has 35 heavy (non-hydrogen) atoms. The molecule has 186 valence electrons. The average Bonchev–Trinajstić information content (AvgIpc) is 3.06. The quantitative estimate of drug-likeness (QED) is 0.666. The van der Waals surface area contributed by atoms with E-state index in [1.165, 1.54) is 17.2 Å². The van der Waals surface area contributed by atoms with Crippen molar-refractivity contribution in [3.8, 4) is 0 Å². The first-order valence-corrected chi connectivity index (χ1v) is 10.9. The minimum Gasteiger partial charge on any atom is -0.442 e. The van der Waals surface area contributed by atoms with Crippen LogP contribution >= 0.6 is 0 Å². The van der Waals surface area contributed by atoms with E-state index in [2.05, 4.69) is 0 Å². The predicted molar refractivity (Wildman–Crippen MR) is 119 cm³/mol. The average molecular weight is 492 g/mol. The summed E-state index contributed by atoms with van der Waals surface area (Å²) in [6.07, 6.45) is -4.78. The van der Waals surface area contributed by atoms with Crippen LogP contribution in [0.2, 0.25) is 0 Å². The van der Waals surface area contributed by atoms with E-state index in [1.807, 2.05) is 11.4 Å². The number of cyclic esters (lactones) is 1. The molecule has 0 spiro atoms. The number of nitrogens with zero attached hydrogens (tertiary/aromatic N) is 3. The third-order valence-electron chi connectivity index (χ3n) is 5.59. The van der Waals surface area contributed by atoms with Gasteiger partial charge >= 0.3 is 12.5 Å². The van der Waals surface area contributed by atoms with Crippen molar-refractivity contribution in [2.45, 2.75) is 12.5 Å². The van der Waals surface area contributed by atoms with Crippen molar-refractivity contribution in [2.24, 2.45) is 0 Å². The first-order valence-electron chi connectivity index (χ1n) is 10.9. The van der Waals surface area contributed by atoms with Gasteiger partial charge in [-0.25, -0.2) is 14.2 Å². The molecule has 2 aromatic carbocycles. The molecule has 9 nitrogen and oxygen atoms in total. The molecule has 3 amide bonds. The van der Waals surface area contributed by atoms with Crippen LogP contribution in [0.1, 0.15) is 10.4 Å². The first kappa shape index (κ1) is 24.3. The van der Waals surface area contributed by atoms with Gasteiger partial charge in [-0.1, -0.05) is 18.2 Å². The van der Waals surface area contributed by atoms with Crippen molar-refractivity contribution in [2.75, 3.05) is 49.1 Å². The zero-order chi connectivity index (χ0) is 24.9. The fraction of sp³-hybridized carbons (Fsp3) is 0.348. The molecule has 0 radical (unpaired) electrons. The highest BCUT2D eigenvalue weighted by molar-refractivity contribution is 5.93. The van der Waals surface area contributed by atoms with Gasteiger partial charge < -0.3 is 15.0 Å². The van der Waals surface area contributed by atoms with E-state index < -0.39 is 30.3 Å². The van der Waals surface area contributed by atoms with Crippen molar-refractivity contribution in [1.29, 1.82) is 0 Å². The summed E-state index contributed by atoms with van der Waals surface area (Å²) in [7, 11) is 0. The Labute approximate surface area is 198 Å². The van der Waals surface area contributed by atoms with Crippen molar-refractivity contribution in [1.82, 2.24) is 10.4 Å². The molecule has 2 saturated heterocycles. The van der Waals surface area contributed by atoms with Gasteiger partial charge in [0.1, 0.15) is 11.9 Å². The second-order valence-corrected chi connectivity index (χ2v) is 7.89. The Morgan fingerprint density at radius 3 is 2.57 bits per heavy atom. The number of carbonyl (C=O) groups is 3. The number of hydrogen-bond donors (Lipinski definition) is 1. The number of anilines is 2. The number of alkyl halides is 2. The van der Waals surface area contributed by atoms with E-state index in [1.54, 1.807) is 35.2 Å². The molecule has 0 aromatic heterocycles. The monoisotopic (exact) mass is 492 g/mol. The van der Waals surface area contributed by atoms with Gasteiger partial charge in [0.15, 0.2) is 0 Å². The predicted octanol–water partition coefficient (Wildman–Crippen LogP) is 2.43. The summed E-state index contributed by atoms with van der Waals surface area (Å²) in [5, 5.41) is 3.25. The summed E-state index contributed by atoms with van der Waals surface area (Å²) in [5.41, 5.74) is 0.992. The van der Waals surface area contributed by atoms with Crippen LogP contribution in [-0.2, 0) is 14.4 Å². The van der Waals surface area contributed by atoms with Crippen LogP contribution in [0.4, 0.5) is 29.3 Å². The third kappa shape index (κ3) is 5.65. The Balaban J connectivity index is 1.38. The number of amides is 3. The smallest absolute Gasteiger partial charge is 0.414 e. The summed E-state index contributed by atoms with van der Waals surface area (Å²) >= 11 is 0. The van der Waals surface area contributed by atoms with Crippen LogP contribution in [0.3, 0.4) is 0 Å². The highest BCUT2D eigenvalue weighted by Crippen LogP contribution is 2.28. The van der Waals surface area contributed by atoms with Crippen molar-refractivity contribution < 1.29 is 37.1 Å². The maximum Gasteiger partial charge on any atom is 0.414 e. The Morgan fingerprint density at radius 2 is 1.86 bits per heavy atom. The Kier molecular flexibility index (Phi) is 7.39. The van der Waals surface area contributed by atoms with Gasteiger partial charge in [-0.15, -0.1) is 0 Å². The van der Waals surface area contributed by atoms with E-state index in [-0.39, 0.29) is 43.5 Å². The minimum absolute atomic E-state index is 0.0325. The number of hydrogen-bond acceptors (Lipinski definition) is 6. The van der Waals surface area contributed by atoms with Crippen molar-refractivity contribution in [3.05, 3.63) is 59.9 Å². The molecule has 1 atom stereocenters. The zero-order valence-electron chi connectivity index (χ0n) is 18.5. The van der Waals surface area contributed by atoms with Gasteiger partial charge in [-0.2, -0.15) is 8.78 Å². The minimum atomic E-state index is -3.17. The van der Waals surface area contributed by atoms with Gasteiger partial charge in [-0.3, -0.25) is 19.3 Å². The number of benzene rings is 2. The fourth-order valence-corrected chi connectivity index (χ4v) is 3.83. The van der Waals surface area contributed by atoms with Crippen molar-refractivity contribution in [3.63, 3.8) is 0 Å². The molecular weight excluding hydrogens is 469 g/mol. The lowest BCUT2D eigenvalue weighted by molar-refractivity contribution is -0.132. The van der Waals surface area contributed by atoms with Gasteiger partial charge in [0.2, 0.25) is 0 Å². The topological polar surface area (TPSA) is 91.4 Å². The molecule has 0 saturated carbocycles. The number of nitrogens with one attached hydrogen (secondary N) is 1. The second-order valence-electron chi connectivity index (χ2n) is 7.89. The third-order valence-corrected chi connectivity index (χ3v) is 5.59. The van der Waals surface area contributed by atoms with Crippen LogP contribution in [0.5, 0.6) is 0 Å². The molecule has 0 bridgehead atoms. The molecule has 0 aliphatic carbocycles. The molecule has 4 rings (SSSR count). The summed E-state index contributed by atoms with van der Waals surface area (Å²) in [6, 6.07) is 12.9. The lowest BCUT2D eigenvalue weighted by Gasteiger charge is -2.24. The molecule has 0 unspecified atom stereocenters. The van der Waals surface area contributed by atoms with E-state index >= 15 is 4.39 Å². The molecule has 2 heterocycles. The molecule has 2 aliphatic heterocycles. The fourth-order valence-electron chi connectivity index (χ4n) is 3.83. The molecule has 2 fully saturated rings. The number of hydroxylamine groups is 2. The Morgan fingerprint density at radius 1 is 1.09 bits per heavy atom. The van der Waals surface area contributed by atoms with Gasteiger partial charge in [-0.05, 0) is 30.3 Å². The van der Waals surface area contributed by atoms with Crippen molar-refractivity contribution >= 4 is 29.3 Å². The summed E-state index contributed by atoms with van der Waals surface area (Å²) in [6.45, 7) is 0.746. The van der Waals surface area contributed by atoms with Crippen LogP contribution in [0.25, 0.3) is 0 Å². The van der Waals surface area contributed by atoms with E-state index in [0.717, 1.165) is 4.90 Å². The lowest BCUT2D eigenvalue weighted by atomic mass is 10.2. The molecule has 12 heteroatoms. The SMILES string of the molecule is O=C(NC[C@H]1CN(c2ccc(N3CCON(C(=O)c4ccccc4)CC3)c(F)c2)C(=O)O1)C(F)F. The normalized spacial score (nSPS) is 18.5. The van der Waals surface area contributed by atoms with Gasteiger partial charge in [0, 0.05) is 18.7 Å². The summed E-state index contributed by atoms with van der Waals surface area (Å²) in [5.74, 6) is -2.33. The molecule has 1 N–H and O–H groups in total. The highest BCUT2D eigenvalue weighted by atomic mass is 19.3. The molecular formula is C23H23F3N4O5. The van der Waals surface area contributed by atoms with E-state index in [4.69, 9.17) is 9.57 Å². The second kappa shape index (κ2) is 10.6. The maximum atomic E-state index is 15.0. The first-order chi connectivity index (χ1) is 16.8. The van der Waals surface area contributed by atoms with Crippen LogP contribution < -0.4 is 15.1 Å². The number of rotatable bonds is 6. The Bertz CT molecular complexity index is 1090. The van der Waals surface area contributed by atoms with E-state index in [9.17, 15) is 23.2 Å². The van der Waals surface area contributed by atoms with Crippen LogP contribution in [0, 0.1) is 5.82 Å². The molecule has 2 aliphatic rings. The largest absolute Gasteiger partial charge is 0.442 e. The number of halogens is 3. The standard InChI is InChI=1S/C23H23F3N4O5/c24-18-12-16(29-14-17(35-23(29)33)13-27-21(31)20(25)26)6-7-19(18)28-8-9-30(34-11-10-28)22(32)15-4-2-1-3-5-15/h1-7,12,17,20H,8-11,13-14H2,(H,27,31)/t17-/m0/s1. The lowest BCUT2D eigenvalue weighted by Crippen LogP contribution is -2.37. The zero-order valence-corrected chi connectivity index (χ0v) is 18.5. The Hall–Kier alpha value is -3.80. The van der Waals surface area contributed by atoms with Gasteiger partial charge in [0.25, 0.3) is 11.8 Å². The van der Waals surface area contributed by atoms with Gasteiger partial charge in [0.05, 0.1) is 37.6 Å². The van der Waals surface area contributed by atoms with E-state index in [0.29, 0.717) is 18.7 Å². The number of ether oxygens (including phenoxy) is 1. The summed E-state index contributed by atoms with van der Waals surface area (Å²) < 4.78 is 44.7.